The number of hydrogen-bond acceptors (Lipinski definition) is 4. The van der Waals surface area contributed by atoms with Crippen LogP contribution in [-0.4, -0.2) is 35.3 Å². The number of sulfonamides is 1. The lowest BCUT2D eigenvalue weighted by atomic mass is 10.0. The topological polar surface area (TPSA) is 101 Å². The molecular weight excluding hydrogens is 294 g/mol. The number of nitrogens with one attached hydrogen (secondary N) is 1. The third-order valence-corrected chi connectivity index (χ3v) is 5.27. The normalized spacial score (nSPS) is 23.7. The molecule has 1 fully saturated rings. The third-order valence-electron chi connectivity index (χ3n) is 3.80. The van der Waals surface area contributed by atoms with E-state index in [4.69, 9.17) is 5.11 Å². The maximum absolute atomic E-state index is 12.3. The zero-order valence-electron chi connectivity index (χ0n) is 12.0. The van der Waals surface area contributed by atoms with Gasteiger partial charge in [-0.1, -0.05) is 19.8 Å². The Morgan fingerprint density at radius 1 is 1.43 bits per heavy atom. The molecule has 2 N–H and O–H groups in total. The van der Waals surface area contributed by atoms with E-state index < -0.39 is 16.0 Å². The highest BCUT2D eigenvalue weighted by atomic mass is 32.2. The van der Waals surface area contributed by atoms with Crippen molar-refractivity contribution in [3.05, 3.63) is 12.4 Å². The zero-order chi connectivity index (χ0) is 15.5. The molecule has 0 spiro atoms. The maximum Gasteiger partial charge on any atom is 0.325 e. The molecule has 8 heteroatoms. The minimum atomic E-state index is -3.63. The first-order chi connectivity index (χ1) is 9.87. The number of aromatic nitrogens is 2. The molecule has 1 heterocycles. The summed E-state index contributed by atoms with van der Waals surface area (Å²) in [6.45, 7) is 1.84. The Kier molecular flexibility index (Phi) is 5.00. The Morgan fingerprint density at radius 2 is 2.19 bits per heavy atom. The monoisotopic (exact) mass is 315 g/mol. The molecule has 0 aliphatic heterocycles. The number of hydrogen-bond donors (Lipinski definition) is 2. The van der Waals surface area contributed by atoms with Crippen LogP contribution in [0.15, 0.2) is 17.3 Å². The summed E-state index contributed by atoms with van der Waals surface area (Å²) in [5.41, 5.74) is 0. The molecule has 21 heavy (non-hydrogen) atoms. The summed E-state index contributed by atoms with van der Waals surface area (Å²) in [5, 5.41) is 12.4. The van der Waals surface area contributed by atoms with Gasteiger partial charge in [-0.25, -0.2) is 13.1 Å². The molecule has 118 valence electrons. The van der Waals surface area contributed by atoms with Crippen LogP contribution in [0.25, 0.3) is 0 Å². The molecule has 0 bridgehead atoms. The van der Waals surface area contributed by atoms with Gasteiger partial charge in [-0.3, -0.25) is 9.48 Å². The van der Waals surface area contributed by atoms with Gasteiger partial charge in [-0.15, -0.1) is 0 Å². The van der Waals surface area contributed by atoms with Gasteiger partial charge in [0.25, 0.3) is 0 Å². The fourth-order valence-corrected chi connectivity index (χ4v) is 3.86. The van der Waals surface area contributed by atoms with Crippen molar-refractivity contribution in [3.8, 4) is 0 Å². The van der Waals surface area contributed by atoms with E-state index in [1.165, 1.54) is 12.4 Å². The van der Waals surface area contributed by atoms with Crippen LogP contribution in [0.1, 0.15) is 39.0 Å². The summed E-state index contributed by atoms with van der Waals surface area (Å²) < 4.78 is 28.4. The van der Waals surface area contributed by atoms with E-state index in [1.54, 1.807) is 0 Å². The largest absolute Gasteiger partial charge is 0.480 e. The van der Waals surface area contributed by atoms with E-state index in [2.05, 4.69) is 16.7 Å². The van der Waals surface area contributed by atoms with Gasteiger partial charge in [0, 0.05) is 12.2 Å². The Balaban J connectivity index is 2.03. The smallest absolute Gasteiger partial charge is 0.325 e. The van der Waals surface area contributed by atoms with Crippen molar-refractivity contribution in [3.63, 3.8) is 0 Å². The van der Waals surface area contributed by atoms with Crippen LogP contribution < -0.4 is 4.72 Å². The van der Waals surface area contributed by atoms with Gasteiger partial charge >= 0.3 is 5.97 Å². The lowest BCUT2D eigenvalue weighted by Gasteiger charge is -2.15. The van der Waals surface area contributed by atoms with Gasteiger partial charge in [-0.05, 0) is 25.2 Å². The Labute approximate surface area is 124 Å². The predicted octanol–water partition coefficient (Wildman–Crippen LogP) is 1.21. The standard InChI is InChI=1S/C13H21N3O4S/c1-10-3-2-4-11(6-5-10)15-21(19,20)12-7-14-16(8-12)9-13(17)18/h7-8,10-11,15H,2-6,9H2,1H3,(H,17,18). The minimum Gasteiger partial charge on any atom is -0.480 e. The van der Waals surface area contributed by atoms with Crippen LogP contribution in [-0.2, 0) is 21.4 Å². The van der Waals surface area contributed by atoms with Crippen molar-refractivity contribution >= 4 is 16.0 Å². The van der Waals surface area contributed by atoms with Crippen LogP contribution in [0.4, 0.5) is 0 Å². The first-order valence-corrected chi connectivity index (χ1v) is 8.62. The van der Waals surface area contributed by atoms with Crippen LogP contribution in [0, 0.1) is 5.92 Å². The predicted molar refractivity (Wildman–Crippen MR) is 76.2 cm³/mol. The van der Waals surface area contributed by atoms with Gasteiger partial charge in [0.1, 0.15) is 11.4 Å². The molecule has 1 saturated carbocycles. The number of carboxylic acid groups (broad SMARTS) is 1. The summed E-state index contributed by atoms with van der Waals surface area (Å²) in [7, 11) is -3.63. The lowest BCUT2D eigenvalue weighted by Crippen LogP contribution is -2.34. The van der Waals surface area contributed by atoms with Gasteiger partial charge < -0.3 is 5.11 Å². The molecule has 7 nitrogen and oxygen atoms in total. The second-order valence-electron chi connectivity index (χ2n) is 5.70. The molecule has 2 atom stereocenters. The number of carbonyl (C=O) groups is 1. The fourth-order valence-electron chi connectivity index (χ4n) is 2.60. The van der Waals surface area contributed by atoms with E-state index in [-0.39, 0.29) is 17.5 Å². The second-order valence-corrected chi connectivity index (χ2v) is 7.41. The quantitative estimate of drug-likeness (QED) is 0.795. The van der Waals surface area contributed by atoms with Gasteiger partial charge in [0.2, 0.25) is 10.0 Å². The van der Waals surface area contributed by atoms with Crippen LogP contribution in [0.3, 0.4) is 0 Å². The zero-order valence-corrected chi connectivity index (χ0v) is 12.8. The van der Waals surface area contributed by atoms with Gasteiger partial charge in [0.15, 0.2) is 0 Å². The van der Waals surface area contributed by atoms with Crippen molar-refractivity contribution in [2.75, 3.05) is 0 Å². The molecular formula is C13H21N3O4S. The van der Waals surface area contributed by atoms with E-state index in [9.17, 15) is 13.2 Å². The van der Waals surface area contributed by atoms with E-state index >= 15 is 0 Å². The molecule has 2 rings (SSSR count). The molecule has 1 aliphatic rings. The first-order valence-electron chi connectivity index (χ1n) is 7.13. The molecule has 1 aromatic rings. The second kappa shape index (κ2) is 6.57. The lowest BCUT2D eigenvalue weighted by molar-refractivity contribution is -0.137. The van der Waals surface area contributed by atoms with E-state index in [1.807, 2.05) is 0 Å². The number of aliphatic carboxylic acids is 1. The van der Waals surface area contributed by atoms with Crippen molar-refractivity contribution in [2.45, 2.75) is 56.5 Å². The van der Waals surface area contributed by atoms with Gasteiger partial charge in [-0.2, -0.15) is 5.10 Å². The summed E-state index contributed by atoms with van der Waals surface area (Å²) in [6, 6.07) is -0.0530. The Hall–Kier alpha value is -1.41. The molecule has 0 aromatic carbocycles. The van der Waals surface area contributed by atoms with Crippen LogP contribution in [0.5, 0.6) is 0 Å². The van der Waals surface area contributed by atoms with E-state index in [0.29, 0.717) is 5.92 Å². The summed E-state index contributed by atoms with van der Waals surface area (Å²) in [6.07, 6.45) is 7.28. The van der Waals surface area contributed by atoms with Crippen molar-refractivity contribution < 1.29 is 18.3 Å². The number of carboxylic acids is 1. The molecule has 0 radical (unpaired) electrons. The van der Waals surface area contributed by atoms with Crippen molar-refractivity contribution in [1.29, 1.82) is 0 Å². The van der Waals surface area contributed by atoms with Crippen LogP contribution in [0.2, 0.25) is 0 Å². The summed E-state index contributed by atoms with van der Waals surface area (Å²) >= 11 is 0. The van der Waals surface area contributed by atoms with Gasteiger partial charge in [0.05, 0.1) is 6.20 Å². The Morgan fingerprint density at radius 3 is 2.90 bits per heavy atom. The SMILES string of the molecule is CC1CCCC(NS(=O)(=O)c2cnn(CC(=O)O)c2)CC1. The van der Waals surface area contributed by atoms with E-state index in [0.717, 1.165) is 36.8 Å². The molecule has 1 aromatic heterocycles. The maximum atomic E-state index is 12.3. The summed E-state index contributed by atoms with van der Waals surface area (Å²) in [4.78, 5) is 10.6. The summed E-state index contributed by atoms with van der Waals surface area (Å²) in [5.74, 6) is -0.425. The molecule has 1 aliphatic carbocycles. The average Bonchev–Trinajstić information content (AvgIpc) is 2.75. The van der Waals surface area contributed by atoms with Crippen LogP contribution >= 0.6 is 0 Å². The highest BCUT2D eigenvalue weighted by Crippen LogP contribution is 2.23. The van der Waals surface area contributed by atoms with Crippen molar-refractivity contribution in [1.82, 2.24) is 14.5 Å². The number of nitrogens with zero attached hydrogens (tertiary/aromatic N) is 2. The molecule has 2 unspecified atom stereocenters. The highest BCUT2D eigenvalue weighted by molar-refractivity contribution is 7.89. The molecule has 0 saturated heterocycles. The third kappa shape index (κ3) is 4.53. The molecule has 0 amide bonds. The minimum absolute atomic E-state index is 0.0149. The fraction of sp³-hybridized carbons (Fsp3) is 0.692. The Bertz CT molecular complexity index is 596. The first kappa shape index (κ1) is 16.0. The highest BCUT2D eigenvalue weighted by Gasteiger charge is 2.24. The number of rotatable bonds is 5. The average molecular weight is 315 g/mol. The van der Waals surface area contributed by atoms with Crippen molar-refractivity contribution in [2.24, 2.45) is 5.92 Å².